The van der Waals surface area contributed by atoms with Gasteiger partial charge in [0.05, 0.1) is 0 Å². The summed E-state index contributed by atoms with van der Waals surface area (Å²) in [4.78, 5) is 10.9. The molecule has 0 fully saturated rings. The fourth-order valence-corrected chi connectivity index (χ4v) is 4.29. The molecule has 0 aromatic heterocycles. The van der Waals surface area contributed by atoms with Crippen molar-refractivity contribution in [2.24, 2.45) is 0 Å². The minimum absolute atomic E-state index is 0.585. The molecule has 3 aromatic carbocycles. The van der Waals surface area contributed by atoms with Gasteiger partial charge in [-0.3, -0.25) is 0 Å². The van der Waals surface area contributed by atoms with Crippen molar-refractivity contribution in [3.05, 3.63) is 89.5 Å². The van der Waals surface area contributed by atoms with Gasteiger partial charge in [-0.05, 0) is 72.6 Å². The Morgan fingerprint density at radius 2 is 1.09 bits per heavy atom. The Hall–Kier alpha value is -3.07. The van der Waals surface area contributed by atoms with E-state index in [1.165, 1.54) is 86.1 Å². The van der Waals surface area contributed by atoms with Gasteiger partial charge in [-0.25, -0.2) is 4.79 Å². The number of aryl methyl sites for hydroxylation is 3. The van der Waals surface area contributed by atoms with E-state index in [0.29, 0.717) is 5.75 Å². The van der Waals surface area contributed by atoms with Crippen LogP contribution in [0.25, 0.3) is 11.1 Å². The molecular weight excluding hydrogens is 432 g/mol. The van der Waals surface area contributed by atoms with Gasteiger partial charge in [-0.1, -0.05) is 106 Å². The molecule has 0 unspecified atom stereocenters. The van der Waals surface area contributed by atoms with E-state index < -0.39 is 12.1 Å². The van der Waals surface area contributed by atoms with Crippen LogP contribution in [0.5, 0.6) is 5.75 Å². The highest BCUT2D eigenvalue weighted by molar-refractivity contribution is 5.72. The van der Waals surface area contributed by atoms with Crippen LogP contribution in [0, 0.1) is 0 Å². The van der Waals surface area contributed by atoms with E-state index >= 15 is 0 Å². The minimum atomic E-state index is -0.961. The third-order valence-electron chi connectivity index (χ3n) is 6.60. The van der Waals surface area contributed by atoms with Crippen molar-refractivity contribution in [3.63, 3.8) is 0 Å². The molecule has 0 spiro atoms. The lowest BCUT2D eigenvalue weighted by atomic mass is 9.98. The lowest BCUT2D eigenvalue weighted by molar-refractivity contribution is -0.144. The first kappa shape index (κ1) is 26.5. The molecule has 35 heavy (non-hydrogen) atoms. The molecule has 0 aliphatic carbocycles. The molecule has 3 aromatic rings. The Bertz CT molecular complexity index is 1000. The Balaban J connectivity index is 1.43. The maximum Gasteiger partial charge on any atom is 0.344 e. The van der Waals surface area contributed by atoms with Gasteiger partial charge >= 0.3 is 5.97 Å². The van der Waals surface area contributed by atoms with Gasteiger partial charge in [-0.2, -0.15) is 0 Å². The van der Waals surface area contributed by atoms with E-state index in [1.807, 2.05) is 24.3 Å². The normalized spacial score (nSPS) is 11.8. The first-order valence-corrected chi connectivity index (χ1v) is 13.2. The van der Waals surface area contributed by atoms with Crippen molar-refractivity contribution >= 4 is 5.97 Å². The third kappa shape index (κ3) is 9.24. The molecule has 0 heterocycles. The molecule has 1 atom stereocenters. The maximum atomic E-state index is 10.9. The zero-order chi connectivity index (χ0) is 24.9. The summed E-state index contributed by atoms with van der Waals surface area (Å²) in [5.41, 5.74) is 6.48. The first-order chi connectivity index (χ1) is 17.0. The summed E-state index contributed by atoms with van der Waals surface area (Å²) in [5.74, 6) is -0.376. The van der Waals surface area contributed by atoms with Gasteiger partial charge in [0.1, 0.15) is 5.75 Å². The van der Waals surface area contributed by atoms with E-state index in [9.17, 15) is 4.79 Å². The van der Waals surface area contributed by atoms with Crippen LogP contribution in [0.4, 0.5) is 0 Å². The Morgan fingerprint density at radius 3 is 1.57 bits per heavy atom. The second-order valence-electron chi connectivity index (χ2n) is 9.51. The summed E-state index contributed by atoms with van der Waals surface area (Å²) in [6, 6.07) is 25.6. The van der Waals surface area contributed by atoms with Gasteiger partial charge in [0.2, 0.25) is 0 Å². The van der Waals surface area contributed by atoms with Gasteiger partial charge in [0, 0.05) is 0 Å². The second-order valence-corrected chi connectivity index (χ2v) is 9.51. The monoisotopic (exact) mass is 472 g/mol. The van der Waals surface area contributed by atoms with Crippen LogP contribution < -0.4 is 4.74 Å². The van der Waals surface area contributed by atoms with Crippen LogP contribution in [0.1, 0.15) is 75.5 Å². The Morgan fingerprint density at radius 1 is 0.657 bits per heavy atom. The average molecular weight is 473 g/mol. The summed E-state index contributed by atoms with van der Waals surface area (Å²) in [5, 5.41) is 8.96. The zero-order valence-electron chi connectivity index (χ0n) is 21.3. The summed E-state index contributed by atoms with van der Waals surface area (Å²) in [7, 11) is 0. The standard InChI is InChI=1S/C32H40O3/c1-3-4-5-6-7-8-9-10-26-13-19-29(20-14-26)30-21-15-27(16-22-30)11-12-28-17-23-31(24-18-28)35-25(2)32(33)34/h13-25H,3-12H2,1-2H3,(H,33,34)/t25-/m1/s1. The predicted octanol–water partition coefficient (Wildman–Crippen LogP) is 8.28. The number of carboxylic acids is 1. The van der Waals surface area contributed by atoms with Crippen LogP contribution in [-0.4, -0.2) is 17.2 Å². The maximum absolute atomic E-state index is 10.9. The van der Waals surface area contributed by atoms with E-state index in [0.717, 1.165) is 12.8 Å². The molecule has 0 saturated carbocycles. The molecule has 0 radical (unpaired) electrons. The highest BCUT2D eigenvalue weighted by atomic mass is 16.5. The van der Waals surface area contributed by atoms with Crippen molar-refractivity contribution in [1.82, 2.24) is 0 Å². The van der Waals surface area contributed by atoms with Gasteiger partial charge in [0.25, 0.3) is 0 Å². The Labute approximate surface area is 211 Å². The van der Waals surface area contributed by atoms with Crippen LogP contribution >= 0.6 is 0 Å². The number of rotatable bonds is 15. The van der Waals surface area contributed by atoms with Gasteiger partial charge in [-0.15, -0.1) is 0 Å². The summed E-state index contributed by atoms with van der Waals surface area (Å²) >= 11 is 0. The molecule has 0 aliphatic heterocycles. The molecule has 3 rings (SSSR count). The number of hydrogen-bond donors (Lipinski definition) is 1. The van der Waals surface area contributed by atoms with Crippen LogP contribution in [0.3, 0.4) is 0 Å². The predicted molar refractivity (Wildman–Crippen MR) is 145 cm³/mol. The molecule has 0 bridgehead atoms. The highest BCUT2D eigenvalue weighted by Crippen LogP contribution is 2.22. The smallest absolute Gasteiger partial charge is 0.344 e. The average Bonchev–Trinajstić information content (AvgIpc) is 2.88. The molecule has 3 heteroatoms. The highest BCUT2D eigenvalue weighted by Gasteiger charge is 2.12. The number of carbonyl (C=O) groups is 1. The number of aliphatic carboxylic acids is 1. The van der Waals surface area contributed by atoms with Crippen LogP contribution in [-0.2, 0) is 24.1 Å². The molecule has 0 amide bonds. The van der Waals surface area contributed by atoms with Crippen molar-refractivity contribution < 1.29 is 14.6 Å². The fourth-order valence-electron chi connectivity index (χ4n) is 4.29. The Kier molecular flexibility index (Phi) is 10.9. The third-order valence-corrected chi connectivity index (χ3v) is 6.60. The molecule has 0 saturated heterocycles. The number of benzene rings is 3. The van der Waals surface area contributed by atoms with Crippen molar-refractivity contribution in [2.45, 2.75) is 84.2 Å². The van der Waals surface area contributed by atoms with Crippen LogP contribution in [0.2, 0.25) is 0 Å². The molecular formula is C32H40O3. The van der Waals surface area contributed by atoms with Gasteiger partial charge < -0.3 is 9.84 Å². The van der Waals surface area contributed by atoms with E-state index in [4.69, 9.17) is 9.84 Å². The van der Waals surface area contributed by atoms with Crippen LogP contribution in [0.15, 0.2) is 72.8 Å². The van der Waals surface area contributed by atoms with Crippen molar-refractivity contribution in [2.75, 3.05) is 0 Å². The molecule has 186 valence electrons. The SMILES string of the molecule is CCCCCCCCCc1ccc(-c2ccc(CCc3ccc(O[C@H](C)C(=O)O)cc3)cc2)cc1. The van der Waals surface area contributed by atoms with Gasteiger partial charge in [0.15, 0.2) is 6.10 Å². The summed E-state index contributed by atoms with van der Waals surface area (Å²) in [6.07, 6.45) is 11.7. The summed E-state index contributed by atoms with van der Waals surface area (Å²) in [6.45, 7) is 3.80. The first-order valence-electron chi connectivity index (χ1n) is 13.2. The number of unbranched alkanes of at least 4 members (excludes halogenated alkanes) is 6. The van der Waals surface area contributed by atoms with Crippen molar-refractivity contribution in [1.29, 1.82) is 0 Å². The molecule has 0 aliphatic rings. The second kappa shape index (κ2) is 14.4. The quantitative estimate of drug-likeness (QED) is 0.226. The van der Waals surface area contributed by atoms with E-state index in [-0.39, 0.29) is 0 Å². The fraction of sp³-hybridized carbons (Fsp3) is 0.406. The molecule has 1 N–H and O–H groups in total. The number of hydrogen-bond acceptors (Lipinski definition) is 2. The lowest BCUT2D eigenvalue weighted by Crippen LogP contribution is -2.22. The zero-order valence-corrected chi connectivity index (χ0v) is 21.3. The summed E-state index contributed by atoms with van der Waals surface area (Å²) < 4.78 is 5.40. The topological polar surface area (TPSA) is 46.5 Å². The lowest BCUT2D eigenvalue weighted by Gasteiger charge is -2.11. The largest absolute Gasteiger partial charge is 0.479 e. The van der Waals surface area contributed by atoms with E-state index in [1.54, 1.807) is 0 Å². The minimum Gasteiger partial charge on any atom is -0.479 e. The van der Waals surface area contributed by atoms with E-state index in [2.05, 4.69) is 55.5 Å². The molecule has 3 nitrogen and oxygen atoms in total. The number of ether oxygens (including phenoxy) is 1. The number of carboxylic acid groups (broad SMARTS) is 1. The van der Waals surface area contributed by atoms with Crippen molar-refractivity contribution in [3.8, 4) is 16.9 Å².